The van der Waals surface area contributed by atoms with Crippen LogP contribution in [0.2, 0.25) is 0 Å². The molecule has 3 heterocycles. The van der Waals surface area contributed by atoms with E-state index in [2.05, 4.69) is 15.2 Å². The first kappa shape index (κ1) is 16.9. The number of hydrogen-bond acceptors (Lipinski definition) is 6. The standard InChI is InChI=1S/C19H16N4O4/c1-11-21-22-17(27-11)16-8-12-4-2-3-5-14(12)10-23(16)18(24)15-7-6-13(9-20-15)19(25)26/h2-7,9,16H,8,10H2,1H3,(H,25,26). The number of aromatic carboxylic acids is 1. The third-order valence-electron chi connectivity index (χ3n) is 4.57. The lowest BCUT2D eigenvalue weighted by Crippen LogP contribution is -2.39. The number of carbonyl (C=O) groups excluding carboxylic acids is 1. The van der Waals surface area contributed by atoms with E-state index in [4.69, 9.17) is 9.52 Å². The highest BCUT2D eigenvalue weighted by molar-refractivity contribution is 5.94. The summed E-state index contributed by atoms with van der Waals surface area (Å²) in [6.07, 6.45) is 1.73. The summed E-state index contributed by atoms with van der Waals surface area (Å²) in [4.78, 5) is 29.8. The summed E-state index contributed by atoms with van der Waals surface area (Å²) in [6, 6.07) is 10.3. The fraction of sp³-hybridized carbons (Fsp3) is 0.211. The van der Waals surface area contributed by atoms with Crippen molar-refractivity contribution in [3.8, 4) is 0 Å². The Morgan fingerprint density at radius 1 is 1.15 bits per heavy atom. The summed E-state index contributed by atoms with van der Waals surface area (Å²) in [5.74, 6) is -0.604. The monoisotopic (exact) mass is 364 g/mol. The molecule has 0 spiro atoms. The average Bonchev–Trinajstić information content (AvgIpc) is 3.12. The van der Waals surface area contributed by atoms with E-state index in [0.29, 0.717) is 24.7 Å². The molecule has 136 valence electrons. The molecule has 1 aliphatic rings. The molecular formula is C19H16N4O4. The number of fused-ring (bicyclic) bond motifs is 1. The Labute approximate surface area is 154 Å². The zero-order chi connectivity index (χ0) is 19.0. The highest BCUT2D eigenvalue weighted by atomic mass is 16.4. The highest BCUT2D eigenvalue weighted by Gasteiger charge is 2.35. The van der Waals surface area contributed by atoms with Gasteiger partial charge in [0.2, 0.25) is 11.8 Å². The summed E-state index contributed by atoms with van der Waals surface area (Å²) in [7, 11) is 0. The number of carboxylic acids is 1. The van der Waals surface area contributed by atoms with Crippen molar-refractivity contribution in [2.75, 3.05) is 0 Å². The Morgan fingerprint density at radius 2 is 1.93 bits per heavy atom. The topological polar surface area (TPSA) is 109 Å². The number of carboxylic acid groups (broad SMARTS) is 1. The molecule has 1 aromatic carbocycles. The van der Waals surface area contributed by atoms with Gasteiger partial charge in [0.25, 0.3) is 5.91 Å². The summed E-state index contributed by atoms with van der Waals surface area (Å²) in [5.41, 5.74) is 2.36. The molecule has 1 atom stereocenters. The molecule has 8 nitrogen and oxygen atoms in total. The number of pyridine rings is 1. The van der Waals surface area contributed by atoms with Gasteiger partial charge in [0, 0.05) is 26.1 Å². The average molecular weight is 364 g/mol. The van der Waals surface area contributed by atoms with Crippen LogP contribution in [0.25, 0.3) is 0 Å². The van der Waals surface area contributed by atoms with Gasteiger partial charge < -0.3 is 14.4 Å². The van der Waals surface area contributed by atoms with Gasteiger partial charge >= 0.3 is 5.97 Å². The molecule has 0 saturated heterocycles. The number of carbonyl (C=O) groups is 2. The largest absolute Gasteiger partial charge is 0.478 e. The van der Waals surface area contributed by atoms with Crippen LogP contribution in [0.1, 0.15) is 49.8 Å². The smallest absolute Gasteiger partial charge is 0.337 e. The maximum Gasteiger partial charge on any atom is 0.337 e. The fourth-order valence-electron chi connectivity index (χ4n) is 3.20. The number of aromatic nitrogens is 3. The van der Waals surface area contributed by atoms with Crippen LogP contribution < -0.4 is 0 Å². The third kappa shape index (κ3) is 3.17. The Kier molecular flexibility index (Phi) is 4.15. The van der Waals surface area contributed by atoms with Gasteiger partial charge in [-0.3, -0.25) is 9.78 Å². The number of benzene rings is 1. The van der Waals surface area contributed by atoms with Gasteiger partial charge in [-0.15, -0.1) is 10.2 Å². The molecule has 1 unspecified atom stereocenters. The van der Waals surface area contributed by atoms with Crippen molar-refractivity contribution in [1.29, 1.82) is 0 Å². The van der Waals surface area contributed by atoms with Crippen LogP contribution in [-0.4, -0.2) is 37.1 Å². The van der Waals surface area contributed by atoms with Crippen LogP contribution in [0.4, 0.5) is 0 Å². The number of hydrogen-bond donors (Lipinski definition) is 1. The van der Waals surface area contributed by atoms with E-state index in [1.54, 1.807) is 11.8 Å². The van der Waals surface area contributed by atoms with Crippen molar-refractivity contribution in [3.63, 3.8) is 0 Å². The van der Waals surface area contributed by atoms with E-state index in [0.717, 1.165) is 11.1 Å². The zero-order valence-electron chi connectivity index (χ0n) is 14.5. The van der Waals surface area contributed by atoms with Gasteiger partial charge in [0.1, 0.15) is 11.7 Å². The Morgan fingerprint density at radius 3 is 2.56 bits per heavy atom. The zero-order valence-corrected chi connectivity index (χ0v) is 14.5. The van der Waals surface area contributed by atoms with Crippen LogP contribution in [0.3, 0.4) is 0 Å². The molecule has 4 rings (SSSR count). The van der Waals surface area contributed by atoms with Crippen LogP contribution in [0, 0.1) is 6.92 Å². The summed E-state index contributed by atoms with van der Waals surface area (Å²) in [6.45, 7) is 2.08. The van der Waals surface area contributed by atoms with Crippen LogP contribution >= 0.6 is 0 Å². The van der Waals surface area contributed by atoms with Gasteiger partial charge in [0.15, 0.2) is 0 Å². The van der Waals surface area contributed by atoms with Crippen molar-refractivity contribution < 1.29 is 19.1 Å². The molecule has 27 heavy (non-hydrogen) atoms. The van der Waals surface area contributed by atoms with E-state index < -0.39 is 12.0 Å². The maximum atomic E-state index is 13.1. The molecule has 1 aliphatic heterocycles. The van der Waals surface area contributed by atoms with Crippen molar-refractivity contribution >= 4 is 11.9 Å². The van der Waals surface area contributed by atoms with Crippen LogP contribution in [0.5, 0.6) is 0 Å². The minimum absolute atomic E-state index is 0.0274. The second-order valence-electron chi connectivity index (χ2n) is 6.32. The van der Waals surface area contributed by atoms with Crippen LogP contribution in [0.15, 0.2) is 47.0 Å². The van der Waals surface area contributed by atoms with Crippen molar-refractivity contribution in [3.05, 3.63) is 76.8 Å². The normalized spacial score (nSPS) is 16.0. The molecule has 0 bridgehead atoms. The van der Waals surface area contributed by atoms with Gasteiger partial charge in [-0.1, -0.05) is 24.3 Å². The van der Waals surface area contributed by atoms with Crippen molar-refractivity contribution in [2.45, 2.75) is 25.9 Å². The number of nitrogens with zero attached hydrogens (tertiary/aromatic N) is 4. The predicted molar refractivity (Wildman–Crippen MR) is 93.0 cm³/mol. The number of amides is 1. The molecular weight excluding hydrogens is 348 g/mol. The molecule has 0 fully saturated rings. The molecule has 3 aromatic rings. The molecule has 2 aromatic heterocycles. The van der Waals surface area contributed by atoms with Gasteiger partial charge in [-0.25, -0.2) is 4.79 Å². The lowest BCUT2D eigenvalue weighted by atomic mass is 9.93. The van der Waals surface area contributed by atoms with Crippen molar-refractivity contribution in [1.82, 2.24) is 20.1 Å². The number of aryl methyl sites for hydroxylation is 1. The second kappa shape index (κ2) is 6.64. The lowest BCUT2D eigenvalue weighted by molar-refractivity contribution is 0.0594. The first-order valence-corrected chi connectivity index (χ1v) is 8.40. The molecule has 1 amide bonds. The van der Waals surface area contributed by atoms with E-state index >= 15 is 0 Å². The molecule has 0 radical (unpaired) electrons. The molecule has 1 N–H and O–H groups in total. The van der Waals surface area contributed by atoms with Crippen LogP contribution in [-0.2, 0) is 13.0 Å². The minimum atomic E-state index is -1.09. The Balaban J connectivity index is 1.71. The van der Waals surface area contributed by atoms with Gasteiger partial charge in [0.05, 0.1) is 5.56 Å². The predicted octanol–water partition coefficient (Wildman–Crippen LogP) is 2.41. The maximum absolute atomic E-state index is 13.1. The Hall–Kier alpha value is -3.55. The van der Waals surface area contributed by atoms with E-state index in [1.165, 1.54) is 18.3 Å². The summed E-state index contributed by atoms with van der Waals surface area (Å²) in [5, 5.41) is 17.0. The molecule has 0 aliphatic carbocycles. The van der Waals surface area contributed by atoms with E-state index in [9.17, 15) is 9.59 Å². The SMILES string of the molecule is Cc1nnc(C2Cc3ccccc3CN2C(=O)c2ccc(C(=O)O)cn2)o1. The molecule has 0 saturated carbocycles. The second-order valence-corrected chi connectivity index (χ2v) is 6.32. The number of rotatable bonds is 3. The Bertz CT molecular complexity index is 1010. The van der Waals surface area contributed by atoms with Gasteiger partial charge in [-0.05, 0) is 23.3 Å². The minimum Gasteiger partial charge on any atom is -0.478 e. The van der Waals surface area contributed by atoms with E-state index in [-0.39, 0.29) is 17.2 Å². The summed E-state index contributed by atoms with van der Waals surface area (Å²) < 4.78 is 5.59. The quantitative estimate of drug-likeness (QED) is 0.760. The first-order chi connectivity index (χ1) is 13.0. The molecule has 8 heteroatoms. The summed E-state index contributed by atoms with van der Waals surface area (Å²) >= 11 is 0. The van der Waals surface area contributed by atoms with Crippen molar-refractivity contribution in [2.24, 2.45) is 0 Å². The third-order valence-corrected chi connectivity index (χ3v) is 4.57. The lowest BCUT2D eigenvalue weighted by Gasteiger charge is -2.34. The highest BCUT2D eigenvalue weighted by Crippen LogP contribution is 2.33. The fourth-order valence-corrected chi connectivity index (χ4v) is 3.20. The van der Waals surface area contributed by atoms with Gasteiger partial charge in [-0.2, -0.15) is 0 Å². The first-order valence-electron chi connectivity index (χ1n) is 8.40. The van der Waals surface area contributed by atoms with E-state index in [1.807, 2.05) is 24.3 Å².